The van der Waals surface area contributed by atoms with Gasteiger partial charge in [-0.15, -0.1) is 0 Å². The maximum absolute atomic E-state index is 12.2. The first-order chi connectivity index (χ1) is 10.4. The summed E-state index contributed by atoms with van der Waals surface area (Å²) in [6, 6.07) is 3.69. The van der Waals surface area contributed by atoms with E-state index in [1.54, 1.807) is 12.3 Å². The summed E-state index contributed by atoms with van der Waals surface area (Å²) in [7, 11) is 0. The predicted octanol–water partition coefficient (Wildman–Crippen LogP) is 2.12. The monoisotopic (exact) mass is 299 g/mol. The fourth-order valence-electron chi connectivity index (χ4n) is 1.97. The molecule has 1 amide bonds. The predicted molar refractivity (Wildman–Crippen MR) is 85.4 cm³/mol. The number of carbonyl (C=O) groups is 1. The van der Waals surface area contributed by atoms with E-state index >= 15 is 0 Å². The normalized spacial score (nSPS) is 10.8. The molecular weight excluding hydrogens is 278 g/mol. The van der Waals surface area contributed by atoms with Crippen molar-refractivity contribution in [2.75, 3.05) is 5.73 Å². The Morgan fingerprint density at radius 3 is 2.64 bits per heavy atom. The van der Waals surface area contributed by atoms with E-state index < -0.39 is 0 Å². The van der Waals surface area contributed by atoms with Crippen molar-refractivity contribution in [2.24, 2.45) is 0 Å². The van der Waals surface area contributed by atoms with Gasteiger partial charge in [-0.2, -0.15) is 0 Å². The van der Waals surface area contributed by atoms with E-state index in [0.717, 1.165) is 22.5 Å². The van der Waals surface area contributed by atoms with Crippen LogP contribution in [0.5, 0.6) is 0 Å². The van der Waals surface area contributed by atoms with Crippen LogP contribution in [-0.2, 0) is 6.54 Å². The highest BCUT2D eigenvalue weighted by Gasteiger charge is 2.12. The second kappa shape index (κ2) is 6.51. The van der Waals surface area contributed by atoms with Gasteiger partial charge in [0.25, 0.3) is 5.91 Å². The Morgan fingerprint density at radius 2 is 2.00 bits per heavy atom. The molecule has 0 aromatic carbocycles. The standard InChI is InChI=1S/C16H21N5O/c1-9(2)13-6-14(21-16(17)20-13)15(22)19-8-12-5-10(3)11(4)18-7-12/h5-7,9H,8H2,1-4H3,(H,19,22)(H2,17,20,21). The molecule has 2 aromatic rings. The third-order valence-electron chi connectivity index (χ3n) is 3.44. The molecule has 0 fully saturated rings. The Kier molecular flexibility index (Phi) is 4.70. The molecule has 0 aliphatic heterocycles. The van der Waals surface area contributed by atoms with Crippen LogP contribution in [0.3, 0.4) is 0 Å². The minimum Gasteiger partial charge on any atom is -0.368 e. The summed E-state index contributed by atoms with van der Waals surface area (Å²) >= 11 is 0. The molecule has 0 radical (unpaired) electrons. The molecule has 0 unspecified atom stereocenters. The minimum absolute atomic E-state index is 0.115. The molecular formula is C16H21N5O. The number of aryl methyl sites for hydroxylation is 2. The zero-order valence-corrected chi connectivity index (χ0v) is 13.3. The van der Waals surface area contributed by atoms with Crippen LogP contribution in [0.2, 0.25) is 0 Å². The van der Waals surface area contributed by atoms with E-state index in [-0.39, 0.29) is 23.5 Å². The number of nitrogens with zero attached hydrogens (tertiary/aromatic N) is 3. The molecule has 0 aliphatic carbocycles. The van der Waals surface area contributed by atoms with E-state index in [2.05, 4.69) is 20.3 Å². The van der Waals surface area contributed by atoms with Crippen molar-refractivity contribution >= 4 is 11.9 Å². The summed E-state index contributed by atoms with van der Waals surface area (Å²) in [4.78, 5) is 24.6. The van der Waals surface area contributed by atoms with Gasteiger partial charge in [0.1, 0.15) is 5.69 Å². The van der Waals surface area contributed by atoms with Crippen molar-refractivity contribution in [1.29, 1.82) is 0 Å². The van der Waals surface area contributed by atoms with Crippen molar-refractivity contribution in [1.82, 2.24) is 20.3 Å². The van der Waals surface area contributed by atoms with Crippen LogP contribution in [0.25, 0.3) is 0 Å². The fraction of sp³-hybridized carbons (Fsp3) is 0.375. The van der Waals surface area contributed by atoms with Gasteiger partial charge in [0.15, 0.2) is 0 Å². The first-order valence-electron chi connectivity index (χ1n) is 7.21. The molecule has 2 heterocycles. The van der Waals surface area contributed by atoms with Gasteiger partial charge in [0.2, 0.25) is 5.95 Å². The van der Waals surface area contributed by atoms with Gasteiger partial charge in [-0.1, -0.05) is 19.9 Å². The number of nitrogens with one attached hydrogen (secondary N) is 1. The lowest BCUT2D eigenvalue weighted by atomic mass is 10.1. The number of hydrogen-bond donors (Lipinski definition) is 2. The smallest absolute Gasteiger partial charge is 0.270 e. The number of anilines is 1. The number of carbonyl (C=O) groups excluding carboxylic acids is 1. The van der Waals surface area contributed by atoms with Gasteiger partial charge in [-0.25, -0.2) is 9.97 Å². The van der Waals surface area contributed by atoms with Gasteiger partial charge < -0.3 is 11.1 Å². The molecule has 0 spiro atoms. The Bertz CT molecular complexity index is 697. The van der Waals surface area contributed by atoms with E-state index in [1.807, 2.05) is 33.8 Å². The number of pyridine rings is 1. The molecule has 3 N–H and O–H groups in total. The van der Waals surface area contributed by atoms with Gasteiger partial charge in [-0.3, -0.25) is 9.78 Å². The van der Waals surface area contributed by atoms with E-state index in [1.165, 1.54) is 0 Å². The van der Waals surface area contributed by atoms with Crippen molar-refractivity contribution in [3.05, 3.63) is 46.5 Å². The summed E-state index contributed by atoms with van der Waals surface area (Å²) in [5.74, 6) is 0.0271. The Balaban J connectivity index is 2.10. The maximum atomic E-state index is 12.2. The van der Waals surface area contributed by atoms with Crippen LogP contribution >= 0.6 is 0 Å². The van der Waals surface area contributed by atoms with Gasteiger partial charge >= 0.3 is 0 Å². The van der Waals surface area contributed by atoms with Crippen molar-refractivity contribution in [3.63, 3.8) is 0 Å². The lowest BCUT2D eigenvalue weighted by Crippen LogP contribution is -2.25. The number of hydrogen-bond acceptors (Lipinski definition) is 5. The van der Waals surface area contributed by atoms with Crippen LogP contribution in [0.4, 0.5) is 5.95 Å². The summed E-state index contributed by atoms with van der Waals surface area (Å²) < 4.78 is 0. The SMILES string of the molecule is Cc1cc(CNC(=O)c2cc(C(C)C)nc(N)n2)cnc1C. The molecule has 22 heavy (non-hydrogen) atoms. The Labute approximate surface area is 130 Å². The van der Waals surface area contributed by atoms with Crippen LogP contribution in [0, 0.1) is 13.8 Å². The highest BCUT2D eigenvalue weighted by atomic mass is 16.1. The summed E-state index contributed by atoms with van der Waals surface area (Å²) in [5, 5.41) is 2.83. The number of nitrogen functional groups attached to an aromatic ring is 1. The molecule has 0 aliphatic rings. The minimum atomic E-state index is -0.269. The van der Waals surface area contributed by atoms with E-state index in [9.17, 15) is 4.79 Å². The second-order valence-corrected chi connectivity index (χ2v) is 5.62. The lowest BCUT2D eigenvalue weighted by molar-refractivity contribution is 0.0945. The topological polar surface area (TPSA) is 93.8 Å². The van der Waals surface area contributed by atoms with Crippen LogP contribution < -0.4 is 11.1 Å². The first-order valence-corrected chi connectivity index (χ1v) is 7.21. The molecule has 2 rings (SSSR count). The largest absolute Gasteiger partial charge is 0.368 e. The first kappa shape index (κ1) is 15.9. The molecule has 0 saturated carbocycles. The molecule has 2 aromatic heterocycles. The third-order valence-corrected chi connectivity index (χ3v) is 3.44. The molecule has 0 bridgehead atoms. The highest BCUT2D eigenvalue weighted by Crippen LogP contribution is 2.14. The van der Waals surface area contributed by atoms with Gasteiger partial charge in [-0.05, 0) is 37.0 Å². The summed E-state index contributed by atoms with van der Waals surface area (Å²) in [5.41, 5.74) is 9.74. The van der Waals surface area contributed by atoms with E-state index in [4.69, 9.17) is 5.73 Å². The van der Waals surface area contributed by atoms with Crippen molar-refractivity contribution in [3.8, 4) is 0 Å². The fourth-order valence-corrected chi connectivity index (χ4v) is 1.97. The molecule has 6 heteroatoms. The molecule has 6 nitrogen and oxygen atoms in total. The lowest BCUT2D eigenvalue weighted by Gasteiger charge is -2.09. The van der Waals surface area contributed by atoms with Gasteiger partial charge in [0, 0.05) is 24.1 Å². The average Bonchev–Trinajstić information content (AvgIpc) is 2.47. The van der Waals surface area contributed by atoms with Crippen molar-refractivity contribution in [2.45, 2.75) is 40.2 Å². The summed E-state index contributed by atoms with van der Waals surface area (Å²) in [6.07, 6.45) is 1.76. The van der Waals surface area contributed by atoms with Crippen molar-refractivity contribution < 1.29 is 4.79 Å². The Morgan fingerprint density at radius 1 is 1.27 bits per heavy atom. The number of rotatable bonds is 4. The molecule has 0 saturated heterocycles. The van der Waals surface area contributed by atoms with E-state index in [0.29, 0.717) is 6.54 Å². The molecule has 0 atom stereocenters. The number of aromatic nitrogens is 3. The zero-order valence-electron chi connectivity index (χ0n) is 13.3. The highest BCUT2D eigenvalue weighted by molar-refractivity contribution is 5.92. The maximum Gasteiger partial charge on any atom is 0.270 e. The van der Waals surface area contributed by atoms with Crippen LogP contribution in [-0.4, -0.2) is 20.9 Å². The zero-order chi connectivity index (χ0) is 16.3. The van der Waals surface area contributed by atoms with Crippen LogP contribution in [0.1, 0.15) is 52.8 Å². The third kappa shape index (κ3) is 3.78. The average molecular weight is 299 g/mol. The second-order valence-electron chi connectivity index (χ2n) is 5.62. The Hall–Kier alpha value is -2.50. The van der Waals surface area contributed by atoms with Crippen LogP contribution in [0.15, 0.2) is 18.3 Å². The quantitative estimate of drug-likeness (QED) is 0.902. The number of amides is 1. The summed E-state index contributed by atoms with van der Waals surface area (Å²) in [6.45, 7) is 8.32. The number of nitrogens with two attached hydrogens (primary N) is 1. The molecule has 116 valence electrons. The van der Waals surface area contributed by atoms with Gasteiger partial charge in [0.05, 0.1) is 0 Å².